The minimum absolute atomic E-state index is 0.176. The third kappa shape index (κ3) is 4.00. The molecule has 1 fully saturated rings. The zero-order chi connectivity index (χ0) is 9.68. The summed E-state index contributed by atoms with van der Waals surface area (Å²) in [4.78, 5) is 2.25. The maximum atomic E-state index is 11.8. The molecule has 0 aliphatic carbocycles. The lowest BCUT2D eigenvalue weighted by atomic mass is 10.0. The van der Waals surface area contributed by atoms with E-state index in [0.717, 1.165) is 13.0 Å². The molecule has 13 heavy (non-hydrogen) atoms. The van der Waals surface area contributed by atoms with Crippen LogP contribution >= 0.6 is 0 Å². The average Bonchev–Trinajstić information content (AvgIpc) is 2.08. The van der Waals surface area contributed by atoms with E-state index in [-0.39, 0.29) is 6.54 Å². The van der Waals surface area contributed by atoms with Gasteiger partial charge in [-0.2, -0.15) is 0 Å². The molecule has 1 atom stereocenters. The average molecular weight is 192 g/mol. The number of piperidine rings is 1. The molecule has 78 valence electrons. The molecule has 4 heteroatoms. The van der Waals surface area contributed by atoms with Crippen LogP contribution in [-0.2, 0) is 0 Å². The van der Waals surface area contributed by atoms with Crippen molar-refractivity contribution in [2.45, 2.75) is 31.7 Å². The van der Waals surface area contributed by atoms with Crippen LogP contribution in [0.5, 0.6) is 0 Å². The highest BCUT2D eigenvalue weighted by Crippen LogP contribution is 2.13. The predicted molar refractivity (Wildman–Crippen MR) is 49.1 cm³/mol. The summed E-state index contributed by atoms with van der Waals surface area (Å²) in [6, 6.07) is 0.451. The molecule has 2 nitrogen and oxygen atoms in total. The fourth-order valence-electron chi connectivity index (χ4n) is 1.76. The normalized spacial score (nSPS) is 25.4. The first kappa shape index (κ1) is 10.9. The van der Waals surface area contributed by atoms with Crippen LogP contribution in [0.3, 0.4) is 0 Å². The second kappa shape index (κ2) is 5.50. The van der Waals surface area contributed by atoms with Crippen LogP contribution in [0, 0.1) is 0 Å². The Kier molecular flexibility index (Phi) is 4.59. The number of halogens is 2. The third-order valence-corrected chi connectivity index (χ3v) is 2.60. The molecule has 0 aromatic heterocycles. The van der Waals surface area contributed by atoms with E-state index in [0.29, 0.717) is 12.6 Å². The monoisotopic (exact) mass is 192 g/mol. The Labute approximate surface area is 78.3 Å². The lowest BCUT2D eigenvalue weighted by molar-refractivity contribution is 0.133. The summed E-state index contributed by atoms with van der Waals surface area (Å²) in [5, 5.41) is 2.79. The van der Waals surface area contributed by atoms with Crippen LogP contribution in [0.1, 0.15) is 19.3 Å². The van der Waals surface area contributed by atoms with Gasteiger partial charge in [0, 0.05) is 12.6 Å². The maximum absolute atomic E-state index is 11.8. The highest BCUT2D eigenvalue weighted by molar-refractivity contribution is 4.76. The van der Waals surface area contributed by atoms with Gasteiger partial charge in [-0.15, -0.1) is 0 Å². The largest absolute Gasteiger partial charge is 0.310 e. The Morgan fingerprint density at radius 1 is 1.46 bits per heavy atom. The molecule has 0 spiro atoms. The molecule has 1 rings (SSSR count). The van der Waals surface area contributed by atoms with Gasteiger partial charge in [-0.3, -0.25) is 0 Å². The van der Waals surface area contributed by atoms with Gasteiger partial charge in [0.2, 0.25) is 0 Å². The van der Waals surface area contributed by atoms with Crippen LogP contribution in [0.15, 0.2) is 0 Å². The van der Waals surface area contributed by atoms with Gasteiger partial charge in [0.15, 0.2) is 0 Å². The van der Waals surface area contributed by atoms with Gasteiger partial charge in [-0.1, -0.05) is 6.42 Å². The highest BCUT2D eigenvalue weighted by Gasteiger charge is 2.18. The van der Waals surface area contributed by atoms with Crippen LogP contribution < -0.4 is 5.32 Å². The topological polar surface area (TPSA) is 15.3 Å². The van der Waals surface area contributed by atoms with Gasteiger partial charge in [-0.05, 0) is 26.4 Å². The first-order chi connectivity index (χ1) is 6.20. The molecule has 0 aromatic rings. The number of alkyl halides is 2. The van der Waals surface area contributed by atoms with E-state index in [1.54, 1.807) is 0 Å². The Morgan fingerprint density at radius 3 is 2.85 bits per heavy atom. The molecule has 0 aromatic carbocycles. The van der Waals surface area contributed by atoms with Gasteiger partial charge < -0.3 is 10.2 Å². The minimum atomic E-state index is -2.23. The van der Waals surface area contributed by atoms with E-state index >= 15 is 0 Å². The molecule has 0 saturated carbocycles. The molecule has 1 saturated heterocycles. The zero-order valence-corrected chi connectivity index (χ0v) is 8.10. The molecule has 0 radical (unpaired) electrons. The van der Waals surface area contributed by atoms with E-state index in [9.17, 15) is 8.78 Å². The van der Waals surface area contributed by atoms with Crippen LogP contribution in [0.2, 0.25) is 0 Å². The molecule has 0 bridgehead atoms. The first-order valence-electron chi connectivity index (χ1n) is 4.89. The Bertz CT molecular complexity index is 142. The Hall–Kier alpha value is -0.220. The highest BCUT2D eigenvalue weighted by atomic mass is 19.3. The van der Waals surface area contributed by atoms with Crippen molar-refractivity contribution in [2.24, 2.45) is 0 Å². The maximum Gasteiger partial charge on any atom is 0.250 e. The predicted octanol–water partition coefficient (Wildman–Crippen LogP) is 1.33. The number of nitrogens with zero attached hydrogens (tertiary/aromatic N) is 1. The van der Waals surface area contributed by atoms with Gasteiger partial charge >= 0.3 is 0 Å². The van der Waals surface area contributed by atoms with Crippen molar-refractivity contribution in [1.29, 1.82) is 0 Å². The molecular weight excluding hydrogens is 174 g/mol. The van der Waals surface area contributed by atoms with Crippen LogP contribution in [0.4, 0.5) is 8.78 Å². The van der Waals surface area contributed by atoms with E-state index in [1.807, 2.05) is 0 Å². The number of hydrogen-bond acceptors (Lipinski definition) is 2. The summed E-state index contributed by atoms with van der Waals surface area (Å²) in [5.41, 5.74) is 0. The fourth-order valence-corrected chi connectivity index (χ4v) is 1.76. The van der Waals surface area contributed by atoms with E-state index < -0.39 is 6.43 Å². The van der Waals surface area contributed by atoms with Crippen molar-refractivity contribution < 1.29 is 8.78 Å². The van der Waals surface area contributed by atoms with Crippen molar-refractivity contribution in [3.8, 4) is 0 Å². The molecule has 1 aliphatic rings. The summed E-state index contributed by atoms with van der Waals surface area (Å²) >= 11 is 0. The van der Waals surface area contributed by atoms with Gasteiger partial charge in [0.25, 0.3) is 6.43 Å². The minimum Gasteiger partial charge on any atom is -0.310 e. The molecular formula is C9H18F2N2. The summed E-state index contributed by atoms with van der Waals surface area (Å²) in [5.74, 6) is 0. The number of rotatable bonds is 4. The summed E-state index contributed by atoms with van der Waals surface area (Å²) < 4.78 is 23.6. The van der Waals surface area contributed by atoms with Crippen molar-refractivity contribution in [3.05, 3.63) is 0 Å². The number of nitrogens with one attached hydrogen (secondary N) is 1. The smallest absolute Gasteiger partial charge is 0.250 e. The van der Waals surface area contributed by atoms with Gasteiger partial charge in [-0.25, -0.2) is 8.78 Å². The van der Waals surface area contributed by atoms with Gasteiger partial charge in [0.1, 0.15) is 0 Å². The Balaban J connectivity index is 2.11. The standard InChI is InChI=1S/C9H18F2N2/c1-13-5-3-2-4-8(13)6-12-7-9(10)11/h8-9,12H,2-7H2,1H3. The lowest BCUT2D eigenvalue weighted by Crippen LogP contribution is -2.43. The fraction of sp³-hybridized carbons (Fsp3) is 1.00. The molecule has 1 heterocycles. The second-order valence-electron chi connectivity index (χ2n) is 3.68. The van der Waals surface area contributed by atoms with E-state index in [4.69, 9.17) is 0 Å². The molecule has 1 unspecified atom stereocenters. The number of likely N-dealkylation sites (tertiary alicyclic amines) is 1. The number of hydrogen-bond donors (Lipinski definition) is 1. The van der Waals surface area contributed by atoms with E-state index in [1.165, 1.54) is 12.8 Å². The van der Waals surface area contributed by atoms with Crippen LogP contribution in [-0.4, -0.2) is 44.0 Å². The first-order valence-corrected chi connectivity index (χ1v) is 4.89. The van der Waals surface area contributed by atoms with Crippen molar-refractivity contribution in [3.63, 3.8) is 0 Å². The van der Waals surface area contributed by atoms with Crippen molar-refractivity contribution >= 4 is 0 Å². The molecule has 0 amide bonds. The lowest BCUT2D eigenvalue weighted by Gasteiger charge is -2.32. The quantitative estimate of drug-likeness (QED) is 0.722. The molecule has 1 aliphatic heterocycles. The SMILES string of the molecule is CN1CCCCC1CNCC(F)F. The van der Waals surface area contributed by atoms with Gasteiger partial charge in [0.05, 0.1) is 6.54 Å². The Morgan fingerprint density at radius 2 is 2.23 bits per heavy atom. The van der Waals surface area contributed by atoms with E-state index in [2.05, 4.69) is 17.3 Å². The summed E-state index contributed by atoms with van der Waals surface area (Å²) in [6.07, 6.45) is 1.37. The molecule has 1 N–H and O–H groups in total. The number of likely N-dealkylation sites (N-methyl/N-ethyl adjacent to an activating group) is 1. The van der Waals surface area contributed by atoms with Crippen molar-refractivity contribution in [1.82, 2.24) is 10.2 Å². The van der Waals surface area contributed by atoms with Crippen LogP contribution in [0.25, 0.3) is 0 Å². The zero-order valence-electron chi connectivity index (χ0n) is 8.10. The van der Waals surface area contributed by atoms with Crippen molar-refractivity contribution in [2.75, 3.05) is 26.7 Å². The summed E-state index contributed by atoms with van der Waals surface area (Å²) in [6.45, 7) is 1.62. The summed E-state index contributed by atoms with van der Waals surface area (Å²) in [7, 11) is 2.06. The second-order valence-corrected chi connectivity index (χ2v) is 3.68. The third-order valence-electron chi connectivity index (χ3n) is 2.60.